The van der Waals surface area contributed by atoms with E-state index in [0.717, 1.165) is 48.7 Å². The van der Waals surface area contributed by atoms with Crippen molar-refractivity contribution in [3.05, 3.63) is 48.5 Å². The lowest BCUT2D eigenvalue weighted by Crippen LogP contribution is -2.51. The Balaban J connectivity index is 1.36. The highest BCUT2D eigenvalue weighted by molar-refractivity contribution is 5.77. The predicted molar refractivity (Wildman–Crippen MR) is 110 cm³/mol. The Morgan fingerprint density at radius 2 is 1.72 bits per heavy atom. The number of aliphatic carboxylic acids is 1. The zero-order chi connectivity index (χ0) is 20.4. The number of fused-ring (bicyclic) bond motifs is 2. The number of nitrogens with zero attached hydrogens (tertiary/aromatic N) is 1. The van der Waals surface area contributed by atoms with Crippen molar-refractivity contribution in [2.24, 2.45) is 5.92 Å². The van der Waals surface area contributed by atoms with Gasteiger partial charge in [0.2, 0.25) is 0 Å². The molecule has 2 aliphatic heterocycles. The molecular weight excluding hydrogens is 370 g/mol. The zero-order valence-corrected chi connectivity index (χ0v) is 16.8. The van der Waals surface area contributed by atoms with Gasteiger partial charge in [-0.1, -0.05) is 30.7 Å². The van der Waals surface area contributed by atoms with Crippen molar-refractivity contribution in [1.29, 1.82) is 0 Å². The molecule has 6 nitrogen and oxygen atoms in total. The molecule has 6 heteroatoms. The predicted octanol–water partition coefficient (Wildman–Crippen LogP) is 4.95. The second-order valence-corrected chi connectivity index (χ2v) is 7.83. The molecule has 1 saturated heterocycles. The SMILES string of the molecule is CC1OC(C)(C(=O)O)OCC1CCCCN1c2ccccc2Oc2ccccc21. The Labute approximate surface area is 171 Å². The molecular formula is C23H27NO5. The molecule has 0 saturated carbocycles. The lowest BCUT2D eigenvalue weighted by Gasteiger charge is -2.39. The summed E-state index contributed by atoms with van der Waals surface area (Å²) < 4.78 is 17.2. The van der Waals surface area contributed by atoms with Crippen LogP contribution in [0.2, 0.25) is 0 Å². The van der Waals surface area contributed by atoms with Crippen LogP contribution in [0.25, 0.3) is 0 Å². The van der Waals surface area contributed by atoms with E-state index in [9.17, 15) is 9.90 Å². The number of carbonyl (C=O) groups is 1. The Hall–Kier alpha value is -2.57. The van der Waals surface area contributed by atoms with Crippen LogP contribution in [0.15, 0.2) is 48.5 Å². The minimum absolute atomic E-state index is 0.144. The molecule has 4 rings (SSSR count). The van der Waals surface area contributed by atoms with Crippen LogP contribution in [0.1, 0.15) is 33.1 Å². The lowest BCUT2D eigenvalue weighted by molar-refractivity contribution is -0.292. The van der Waals surface area contributed by atoms with Gasteiger partial charge in [0.05, 0.1) is 24.1 Å². The molecule has 154 valence electrons. The molecule has 2 aliphatic rings. The van der Waals surface area contributed by atoms with Gasteiger partial charge in [-0.2, -0.15) is 0 Å². The first kappa shape index (κ1) is 19.7. The van der Waals surface area contributed by atoms with Crippen molar-refractivity contribution in [3.63, 3.8) is 0 Å². The number of hydrogen-bond acceptors (Lipinski definition) is 5. The maximum Gasteiger partial charge on any atom is 0.364 e. The van der Waals surface area contributed by atoms with Gasteiger partial charge in [0.25, 0.3) is 5.79 Å². The van der Waals surface area contributed by atoms with Gasteiger partial charge in [-0.25, -0.2) is 4.79 Å². The van der Waals surface area contributed by atoms with Crippen LogP contribution in [-0.4, -0.2) is 36.1 Å². The summed E-state index contributed by atoms with van der Waals surface area (Å²) in [5, 5.41) is 9.25. The number of ether oxygens (including phenoxy) is 3. The largest absolute Gasteiger partial charge is 0.477 e. The number of anilines is 2. The first-order valence-electron chi connectivity index (χ1n) is 10.2. The average Bonchev–Trinajstić information content (AvgIpc) is 2.71. The van der Waals surface area contributed by atoms with E-state index in [-0.39, 0.29) is 12.0 Å². The molecule has 0 amide bonds. The Morgan fingerprint density at radius 3 is 2.31 bits per heavy atom. The number of unbranched alkanes of at least 4 members (excludes halogenated alkanes) is 1. The summed E-state index contributed by atoms with van der Waals surface area (Å²) in [6.07, 6.45) is 2.80. The zero-order valence-electron chi connectivity index (χ0n) is 16.8. The summed E-state index contributed by atoms with van der Waals surface area (Å²) in [7, 11) is 0. The number of para-hydroxylation sites is 4. The normalized spacial score (nSPS) is 25.7. The van der Waals surface area contributed by atoms with Crippen LogP contribution < -0.4 is 9.64 Å². The van der Waals surface area contributed by atoms with Crippen molar-refractivity contribution in [3.8, 4) is 11.5 Å². The summed E-state index contributed by atoms with van der Waals surface area (Å²) >= 11 is 0. The summed E-state index contributed by atoms with van der Waals surface area (Å²) in [6, 6.07) is 16.2. The molecule has 1 fully saturated rings. The van der Waals surface area contributed by atoms with Crippen molar-refractivity contribution >= 4 is 17.3 Å². The van der Waals surface area contributed by atoms with Gasteiger partial charge in [0.15, 0.2) is 11.5 Å². The maximum absolute atomic E-state index is 11.3. The van der Waals surface area contributed by atoms with Crippen LogP contribution in [0, 0.1) is 5.92 Å². The fraction of sp³-hybridized carbons (Fsp3) is 0.435. The van der Waals surface area contributed by atoms with Crippen LogP contribution >= 0.6 is 0 Å². The smallest absolute Gasteiger partial charge is 0.364 e. The summed E-state index contributed by atoms with van der Waals surface area (Å²) in [5.74, 6) is -0.653. The molecule has 0 spiro atoms. The molecule has 2 heterocycles. The van der Waals surface area contributed by atoms with Gasteiger partial charge in [-0.05, 0) is 44.0 Å². The number of benzene rings is 2. The molecule has 0 radical (unpaired) electrons. The van der Waals surface area contributed by atoms with Crippen molar-refractivity contribution in [2.45, 2.75) is 45.0 Å². The molecule has 29 heavy (non-hydrogen) atoms. The van der Waals surface area contributed by atoms with Crippen LogP contribution in [0.4, 0.5) is 11.4 Å². The third-order valence-corrected chi connectivity index (χ3v) is 5.77. The van der Waals surface area contributed by atoms with Crippen LogP contribution in [0.5, 0.6) is 11.5 Å². The fourth-order valence-electron chi connectivity index (χ4n) is 4.02. The van der Waals surface area contributed by atoms with E-state index in [1.54, 1.807) is 0 Å². The molecule has 0 bridgehead atoms. The second-order valence-electron chi connectivity index (χ2n) is 7.83. The van der Waals surface area contributed by atoms with Crippen LogP contribution in [-0.2, 0) is 14.3 Å². The van der Waals surface area contributed by atoms with E-state index >= 15 is 0 Å². The van der Waals surface area contributed by atoms with Gasteiger partial charge >= 0.3 is 5.97 Å². The van der Waals surface area contributed by atoms with Crippen molar-refractivity contribution < 1.29 is 24.1 Å². The van der Waals surface area contributed by atoms with E-state index < -0.39 is 11.8 Å². The number of hydrogen-bond donors (Lipinski definition) is 1. The second kappa shape index (κ2) is 8.05. The third-order valence-electron chi connectivity index (χ3n) is 5.77. The first-order valence-corrected chi connectivity index (χ1v) is 10.2. The molecule has 1 N–H and O–H groups in total. The lowest BCUT2D eigenvalue weighted by atomic mass is 9.95. The van der Waals surface area contributed by atoms with Gasteiger partial charge in [-0.15, -0.1) is 0 Å². The van der Waals surface area contributed by atoms with Crippen molar-refractivity contribution in [2.75, 3.05) is 18.1 Å². The van der Waals surface area contributed by atoms with Gasteiger partial charge in [-0.3, -0.25) is 0 Å². The minimum atomic E-state index is -1.53. The highest BCUT2D eigenvalue weighted by atomic mass is 16.7. The Bertz CT molecular complexity index is 840. The molecule has 0 aromatic heterocycles. The van der Waals surface area contributed by atoms with E-state index in [1.165, 1.54) is 6.92 Å². The van der Waals surface area contributed by atoms with Crippen molar-refractivity contribution in [1.82, 2.24) is 0 Å². The van der Waals surface area contributed by atoms with E-state index in [1.807, 2.05) is 43.3 Å². The summed E-state index contributed by atoms with van der Waals surface area (Å²) in [6.45, 7) is 4.69. The standard InChI is InChI=1S/C23H27NO5/c1-16-17(15-27-23(2,29-16)22(25)26)9-7-8-14-24-18-10-3-5-12-20(18)28-21-13-6-4-11-19(21)24/h3-6,10-13,16-17H,7-9,14-15H2,1-2H3,(H,25,26). The topological polar surface area (TPSA) is 68.2 Å². The average molecular weight is 397 g/mol. The monoisotopic (exact) mass is 397 g/mol. The van der Waals surface area contributed by atoms with Gasteiger partial charge < -0.3 is 24.2 Å². The molecule has 0 aliphatic carbocycles. The number of carboxylic acids is 1. The summed E-state index contributed by atoms with van der Waals surface area (Å²) in [5.41, 5.74) is 2.17. The molecule has 2 aromatic carbocycles. The van der Waals surface area contributed by atoms with Gasteiger partial charge in [0, 0.05) is 19.4 Å². The number of carboxylic acid groups (broad SMARTS) is 1. The quantitative estimate of drug-likeness (QED) is 0.696. The maximum atomic E-state index is 11.3. The Kier molecular flexibility index (Phi) is 5.48. The first-order chi connectivity index (χ1) is 14.0. The minimum Gasteiger partial charge on any atom is -0.477 e. The van der Waals surface area contributed by atoms with Crippen LogP contribution in [0.3, 0.4) is 0 Å². The molecule has 3 atom stereocenters. The highest BCUT2D eigenvalue weighted by Gasteiger charge is 2.43. The summed E-state index contributed by atoms with van der Waals surface area (Å²) in [4.78, 5) is 13.6. The van der Waals surface area contributed by atoms with E-state index in [0.29, 0.717) is 6.61 Å². The molecule has 3 unspecified atom stereocenters. The van der Waals surface area contributed by atoms with E-state index in [4.69, 9.17) is 14.2 Å². The van der Waals surface area contributed by atoms with E-state index in [2.05, 4.69) is 17.0 Å². The fourth-order valence-corrected chi connectivity index (χ4v) is 4.02. The molecule has 2 aromatic rings. The highest BCUT2D eigenvalue weighted by Crippen LogP contribution is 2.46. The van der Waals surface area contributed by atoms with Gasteiger partial charge in [0.1, 0.15) is 0 Å². The Morgan fingerprint density at radius 1 is 1.10 bits per heavy atom. The number of rotatable bonds is 6. The third kappa shape index (κ3) is 3.95.